The minimum absolute atomic E-state index is 0.0487. The number of piperidine rings is 1. The van der Waals surface area contributed by atoms with Crippen molar-refractivity contribution in [3.8, 4) is 5.75 Å². The van der Waals surface area contributed by atoms with Crippen LogP contribution in [0.15, 0.2) is 42.9 Å². The van der Waals surface area contributed by atoms with Gasteiger partial charge in [0.2, 0.25) is 0 Å². The number of nitrogens with zero attached hydrogens (tertiary/aromatic N) is 4. The summed E-state index contributed by atoms with van der Waals surface area (Å²) in [4.78, 5) is 25.6. The summed E-state index contributed by atoms with van der Waals surface area (Å²) < 4.78 is 5.96. The van der Waals surface area contributed by atoms with Gasteiger partial charge in [-0.25, -0.2) is 4.98 Å². The third-order valence-corrected chi connectivity index (χ3v) is 5.35. The van der Waals surface area contributed by atoms with Crippen molar-refractivity contribution in [1.82, 2.24) is 20.2 Å². The first-order valence-corrected chi connectivity index (χ1v) is 9.99. The molecule has 1 unspecified atom stereocenters. The number of aromatic nitrogens is 2. The van der Waals surface area contributed by atoms with Crippen molar-refractivity contribution in [2.24, 2.45) is 0 Å². The lowest BCUT2D eigenvalue weighted by molar-refractivity contribution is 0.0594. The number of piperazine rings is 1. The molecule has 4 heterocycles. The molecule has 0 aliphatic carbocycles. The molecule has 1 atom stereocenters. The molecular formula is C21H27N5O2. The Morgan fingerprint density at radius 2 is 2.04 bits per heavy atom. The Hall–Kier alpha value is -2.67. The van der Waals surface area contributed by atoms with Crippen LogP contribution in [-0.4, -0.2) is 65.6 Å². The maximum atomic E-state index is 12.8. The number of nitrogens with one attached hydrogen (secondary N) is 1. The Kier molecular flexibility index (Phi) is 5.71. The molecule has 1 amide bonds. The van der Waals surface area contributed by atoms with Gasteiger partial charge in [-0.15, -0.1) is 0 Å². The highest BCUT2D eigenvalue weighted by Crippen LogP contribution is 2.20. The van der Waals surface area contributed by atoms with Gasteiger partial charge in [0.05, 0.1) is 11.8 Å². The predicted octanol–water partition coefficient (Wildman–Crippen LogP) is 1.96. The van der Waals surface area contributed by atoms with Gasteiger partial charge in [-0.1, -0.05) is 0 Å². The van der Waals surface area contributed by atoms with Gasteiger partial charge in [0, 0.05) is 64.0 Å². The number of amides is 1. The Morgan fingerprint density at radius 1 is 1.18 bits per heavy atom. The fourth-order valence-electron chi connectivity index (χ4n) is 3.81. The Morgan fingerprint density at radius 3 is 2.71 bits per heavy atom. The maximum absolute atomic E-state index is 12.8. The Bertz CT molecular complexity index is 775. The number of carbonyl (C=O) groups excluding carboxylic acids is 1. The molecule has 0 aromatic carbocycles. The largest absolute Gasteiger partial charge is 0.489 e. The summed E-state index contributed by atoms with van der Waals surface area (Å²) in [6.45, 7) is 6.40. The van der Waals surface area contributed by atoms with Crippen LogP contribution < -0.4 is 15.0 Å². The molecule has 7 nitrogen and oxygen atoms in total. The van der Waals surface area contributed by atoms with Crippen LogP contribution in [0.1, 0.15) is 30.1 Å². The standard InChI is InChI=1S/C21H27N5O2/c1-16-15-26(12-9-23-16)20-5-4-17(13-24-20)21(27)25-10-6-18(7-11-25)28-19-3-2-8-22-14-19/h2-5,8,13-14,16,18,23H,6-7,9-12,15H2,1H3. The average molecular weight is 381 g/mol. The van der Waals surface area contributed by atoms with Crippen molar-refractivity contribution in [2.75, 3.05) is 37.6 Å². The van der Waals surface area contributed by atoms with Crippen LogP contribution in [0.5, 0.6) is 5.75 Å². The zero-order chi connectivity index (χ0) is 19.3. The summed E-state index contributed by atoms with van der Waals surface area (Å²) in [7, 11) is 0. The van der Waals surface area contributed by atoms with E-state index in [9.17, 15) is 4.79 Å². The lowest BCUT2D eigenvalue weighted by atomic mass is 10.1. The fourth-order valence-corrected chi connectivity index (χ4v) is 3.81. The molecule has 2 aromatic heterocycles. The highest BCUT2D eigenvalue weighted by atomic mass is 16.5. The van der Waals surface area contributed by atoms with Gasteiger partial charge in [0.15, 0.2) is 0 Å². The summed E-state index contributed by atoms with van der Waals surface area (Å²) in [6, 6.07) is 8.09. The predicted molar refractivity (Wildman–Crippen MR) is 108 cm³/mol. The van der Waals surface area contributed by atoms with E-state index in [2.05, 4.69) is 27.1 Å². The number of hydrogen-bond acceptors (Lipinski definition) is 6. The normalized spacial score (nSPS) is 20.8. The molecule has 2 aliphatic rings. The lowest BCUT2D eigenvalue weighted by Gasteiger charge is -2.33. The van der Waals surface area contributed by atoms with Gasteiger partial charge in [-0.05, 0) is 31.2 Å². The second-order valence-electron chi connectivity index (χ2n) is 7.50. The van der Waals surface area contributed by atoms with Crippen molar-refractivity contribution in [2.45, 2.75) is 31.9 Å². The van der Waals surface area contributed by atoms with E-state index in [-0.39, 0.29) is 12.0 Å². The maximum Gasteiger partial charge on any atom is 0.255 e. The number of carbonyl (C=O) groups is 1. The summed E-state index contributed by atoms with van der Waals surface area (Å²) in [5.74, 6) is 1.77. The van der Waals surface area contributed by atoms with Crippen molar-refractivity contribution < 1.29 is 9.53 Å². The fraction of sp³-hybridized carbons (Fsp3) is 0.476. The summed E-state index contributed by atoms with van der Waals surface area (Å²) in [6.07, 6.45) is 6.95. The molecule has 2 aromatic rings. The molecule has 4 rings (SSSR count). The average Bonchev–Trinajstić information content (AvgIpc) is 2.75. The quantitative estimate of drug-likeness (QED) is 0.873. The molecular weight excluding hydrogens is 354 g/mol. The SMILES string of the molecule is CC1CN(c2ccc(C(=O)N3CCC(Oc4cccnc4)CC3)cn2)CCN1. The monoisotopic (exact) mass is 381 g/mol. The second kappa shape index (κ2) is 8.56. The first-order chi connectivity index (χ1) is 13.7. The molecule has 7 heteroatoms. The Labute approximate surface area is 165 Å². The van der Waals surface area contributed by atoms with E-state index < -0.39 is 0 Å². The summed E-state index contributed by atoms with van der Waals surface area (Å²) in [5, 5.41) is 3.43. The Balaban J connectivity index is 1.31. The lowest BCUT2D eigenvalue weighted by Crippen LogP contribution is -2.49. The van der Waals surface area contributed by atoms with Crippen molar-refractivity contribution in [3.63, 3.8) is 0 Å². The molecule has 0 spiro atoms. The van der Waals surface area contributed by atoms with E-state index in [4.69, 9.17) is 4.74 Å². The zero-order valence-corrected chi connectivity index (χ0v) is 16.3. The highest BCUT2D eigenvalue weighted by Gasteiger charge is 2.25. The minimum atomic E-state index is 0.0487. The zero-order valence-electron chi connectivity index (χ0n) is 16.3. The third kappa shape index (κ3) is 4.42. The van der Waals surface area contributed by atoms with Crippen LogP contribution in [0.4, 0.5) is 5.82 Å². The van der Waals surface area contributed by atoms with Crippen LogP contribution >= 0.6 is 0 Å². The molecule has 28 heavy (non-hydrogen) atoms. The van der Waals surface area contributed by atoms with Gasteiger partial charge in [0.1, 0.15) is 17.7 Å². The van der Waals surface area contributed by atoms with Crippen molar-refractivity contribution in [3.05, 3.63) is 48.4 Å². The van der Waals surface area contributed by atoms with Crippen LogP contribution in [0, 0.1) is 0 Å². The molecule has 2 aliphatic heterocycles. The van der Waals surface area contributed by atoms with Crippen molar-refractivity contribution in [1.29, 1.82) is 0 Å². The van der Waals surface area contributed by atoms with Crippen molar-refractivity contribution >= 4 is 11.7 Å². The van der Waals surface area contributed by atoms with Gasteiger partial charge < -0.3 is 19.9 Å². The first-order valence-electron chi connectivity index (χ1n) is 9.99. The van der Waals surface area contributed by atoms with Gasteiger partial charge in [-0.2, -0.15) is 0 Å². The second-order valence-corrected chi connectivity index (χ2v) is 7.50. The molecule has 0 bridgehead atoms. The van der Waals surface area contributed by atoms with Crippen LogP contribution in [-0.2, 0) is 0 Å². The van der Waals surface area contributed by atoms with Gasteiger partial charge >= 0.3 is 0 Å². The molecule has 0 radical (unpaired) electrons. The third-order valence-electron chi connectivity index (χ3n) is 5.35. The van der Waals surface area contributed by atoms with Gasteiger partial charge in [-0.3, -0.25) is 9.78 Å². The van der Waals surface area contributed by atoms with Crippen LogP contribution in [0.2, 0.25) is 0 Å². The molecule has 1 N–H and O–H groups in total. The van der Waals surface area contributed by atoms with E-state index >= 15 is 0 Å². The van der Waals surface area contributed by atoms with Crippen LogP contribution in [0.3, 0.4) is 0 Å². The van der Waals surface area contributed by atoms with Crippen LogP contribution in [0.25, 0.3) is 0 Å². The van der Waals surface area contributed by atoms with E-state index in [1.54, 1.807) is 18.6 Å². The number of likely N-dealkylation sites (tertiary alicyclic amines) is 1. The smallest absolute Gasteiger partial charge is 0.255 e. The number of rotatable bonds is 4. The minimum Gasteiger partial charge on any atom is -0.489 e. The number of pyridine rings is 2. The number of hydrogen-bond donors (Lipinski definition) is 1. The number of ether oxygens (including phenoxy) is 1. The van der Waals surface area contributed by atoms with E-state index in [0.717, 1.165) is 44.0 Å². The molecule has 0 saturated carbocycles. The highest BCUT2D eigenvalue weighted by molar-refractivity contribution is 5.94. The molecule has 148 valence electrons. The van der Waals surface area contributed by atoms with E-state index in [1.165, 1.54) is 0 Å². The molecule has 2 fully saturated rings. The van der Waals surface area contributed by atoms with E-state index in [0.29, 0.717) is 24.7 Å². The van der Waals surface area contributed by atoms with E-state index in [1.807, 2.05) is 29.2 Å². The summed E-state index contributed by atoms with van der Waals surface area (Å²) in [5.41, 5.74) is 0.651. The number of anilines is 1. The summed E-state index contributed by atoms with van der Waals surface area (Å²) >= 11 is 0. The molecule has 2 saturated heterocycles. The first kappa shape index (κ1) is 18.7. The van der Waals surface area contributed by atoms with Gasteiger partial charge in [0.25, 0.3) is 5.91 Å². The topological polar surface area (TPSA) is 70.6 Å².